The number of carbonyl (C=O) groups is 2. The molecule has 116 valence electrons. The number of hydrogen-bond acceptors (Lipinski definition) is 2. The van der Waals surface area contributed by atoms with Crippen molar-refractivity contribution in [3.05, 3.63) is 27.2 Å². The van der Waals surface area contributed by atoms with Crippen molar-refractivity contribution in [3.63, 3.8) is 0 Å². The molecule has 3 N–H and O–H groups in total. The highest BCUT2D eigenvalue weighted by Gasteiger charge is 2.25. The molecule has 5 nitrogen and oxygen atoms in total. The van der Waals surface area contributed by atoms with Gasteiger partial charge in [0.1, 0.15) is 6.04 Å². The van der Waals surface area contributed by atoms with E-state index in [4.69, 9.17) is 16.7 Å². The van der Waals surface area contributed by atoms with Gasteiger partial charge < -0.3 is 15.7 Å². The van der Waals surface area contributed by atoms with Gasteiger partial charge in [0, 0.05) is 9.50 Å². The van der Waals surface area contributed by atoms with Crippen molar-refractivity contribution in [1.29, 1.82) is 0 Å². The lowest BCUT2D eigenvalue weighted by Gasteiger charge is -2.20. The van der Waals surface area contributed by atoms with Crippen molar-refractivity contribution in [2.45, 2.75) is 33.2 Å². The van der Waals surface area contributed by atoms with E-state index in [1.807, 2.05) is 13.8 Å². The van der Waals surface area contributed by atoms with E-state index in [9.17, 15) is 9.59 Å². The summed E-state index contributed by atoms with van der Waals surface area (Å²) >= 11 is 9.34. The SMILES string of the molecule is CCC(C)C(NC(=O)Nc1cc(Cl)c(C)cc1Br)C(=O)O. The molecule has 0 spiro atoms. The average molecular weight is 378 g/mol. The predicted molar refractivity (Wildman–Crippen MR) is 86.9 cm³/mol. The number of urea groups is 1. The number of amides is 2. The van der Waals surface area contributed by atoms with Crippen LogP contribution in [-0.4, -0.2) is 23.1 Å². The maximum atomic E-state index is 11.9. The summed E-state index contributed by atoms with van der Waals surface area (Å²) in [5.74, 6) is -1.22. The molecule has 7 heteroatoms. The Hall–Kier alpha value is -1.27. The Labute approximate surface area is 137 Å². The third-order valence-corrected chi connectivity index (χ3v) is 4.33. The standard InChI is InChI=1S/C14H18BrClN2O3/c1-4-7(2)12(13(19)20)18-14(21)17-11-6-10(16)8(3)5-9(11)15/h5-7,12H,4H2,1-3H3,(H,19,20)(H2,17,18,21). The normalized spacial score (nSPS) is 13.4. The second kappa shape index (κ2) is 7.66. The third kappa shape index (κ3) is 4.89. The molecule has 1 rings (SSSR count). The van der Waals surface area contributed by atoms with Crippen LogP contribution in [0, 0.1) is 12.8 Å². The zero-order valence-electron chi connectivity index (χ0n) is 12.0. The van der Waals surface area contributed by atoms with E-state index in [0.29, 0.717) is 21.6 Å². The fourth-order valence-corrected chi connectivity index (χ4v) is 2.45. The molecule has 0 saturated heterocycles. The van der Waals surface area contributed by atoms with Gasteiger partial charge >= 0.3 is 12.0 Å². The molecule has 0 fully saturated rings. The Kier molecular flexibility index (Phi) is 6.48. The molecule has 0 aromatic heterocycles. The first-order valence-corrected chi connectivity index (χ1v) is 7.69. The molecule has 1 aromatic carbocycles. The quantitative estimate of drug-likeness (QED) is 0.725. The van der Waals surface area contributed by atoms with Crippen molar-refractivity contribution in [1.82, 2.24) is 5.32 Å². The number of aryl methyl sites for hydroxylation is 1. The Bertz CT molecular complexity index is 551. The summed E-state index contributed by atoms with van der Waals surface area (Å²) in [6, 6.07) is 1.87. The Morgan fingerprint density at radius 2 is 2.05 bits per heavy atom. The summed E-state index contributed by atoms with van der Waals surface area (Å²) in [7, 11) is 0. The first kappa shape index (κ1) is 17.8. The maximum Gasteiger partial charge on any atom is 0.326 e. The summed E-state index contributed by atoms with van der Waals surface area (Å²) in [6.07, 6.45) is 0.650. The van der Waals surface area contributed by atoms with Crippen LogP contribution < -0.4 is 10.6 Å². The molecule has 0 aliphatic rings. The molecular formula is C14H18BrClN2O3. The van der Waals surface area contributed by atoms with Crippen LogP contribution in [-0.2, 0) is 4.79 Å². The number of carboxylic acids is 1. The Morgan fingerprint density at radius 1 is 1.43 bits per heavy atom. The molecule has 0 heterocycles. The van der Waals surface area contributed by atoms with Gasteiger partial charge in [-0.05, 0) is 46.5 Å². The minimum Gasteiger partial charge on any atom is -0.480 e. The van der Waals surface area contributed by atoms with Crippen LogP contribution in [0.5, 0.6) is 0 Å². The van der Waals surface area contributed by atoms with E-state index in [1.165, 1.54) is 0 Å². The number of halogens is 2. The molecule has 0 aliphatic carbocycles. The van der Waals surface area contributed by atoms with E-state index in [1.54, 1.807) is 19.1 Å². The lowest BCUT2D eigenvalue weighted by molar-refractivity contribution is -0.140. The van der Waals surface area contributed by atoms with Crippen molar-refractivity contribution < 1.29 is 14.7 Å². The van der Waals surface area contributed by atoms with Crippen LogP contribution in [0.15, 0.2) is 16.6 Å². The van der Waals surface area contributed by atoms with Gasteiger partial charge in [-0.2, -0.15) is 0 Å². The van der Waals surface area contributed by atoms with Gasteiger partial charge in [0.25, 0.3) is 0 Å². The van der Waals surface area contributed by atoms with Gasteiger partial charge in [-0.3, -0.25) is 0 Å². The lowest BCUT2D eigenvalue weighted by atomic mass is 9.99. The van der Waals surface area contributed by atoms with Gasteiger partial charge in [-0.1, -0.05) is 31.9 Å². The number of carboxylic acid groups (broad SMARTS) is 1. The zero-order chi connectivity index (χ0) is 16.2. The summed E-state index contributed by atoms with van der Waals surface area (Å²) < 4.78 is 0.676. The average Bonchev–Trinajstić information content (AvgIpc) is 2.41. The van der Waals surface area contributed by atoms with Gasteiger partial charge in [0.2, 0.25) is 0 Å². The van der Waals surface area contributed by atoms with Gasteiger partial charge in [-0.25, -0.2) is 9.59 Å². The fourth-order valence-electron chi connectivity index (χ4n) is 1.72. The summed E-state index contributed by atoms with van der Waals surface area (Å²) in [4.78, 5) is 23.1. The molecule has 0 bridgehead atoms. The van der Waals surface area contributed by atoms with E-state index in [2.05, 4.69) is 26.6 Å². The topological polar surface area (TPSA) is 78.4 Å². The summed E-state index contributed by atoms with van der Waals surface area (Å²) in [5, 5.41) is 14.7. The molecule has 2 atom stereocenters. The van der Waals surface area contributed by atoms with Crippen LogP contribution in [0.25, 0.3) is 0 Å². The Morgan fingerprint density at radius 3 is 2.57 bits per heavy atom. The van der Waals surface area contributed by atoms with Gasteiger partial charge in [0.15, 0.2) is 0 Å². The van der Waals surface area contributed by atoms with Crippen LogP contribution in [0.1, 0.15) is 25.8 Å². The molecule has 21 heavy (non-hydrogen) atoms. The van der Waals surface area contributed by atoms with Crippen molar-refractivity contribution in [3.8, 4) is 0 Å². The molecule has 2 amide bonds. The highest BCUT2D eigenvalue weighted by Crippen LogP contribution is 2.29. The smallest absolute Gasteiger partial charge is 0.326 e. The first-order chi connectivity index (χ1) is 9.76. The van der Waals surface area contributed by atoms with Crippen molar-refractivity contribution in [2.75, 3.05) is 5.32 Å². The number of anilines is 1. The highest BCUT2D eigenvalue weighted by atomic mass is 79.9. The number of rotatable bonds is 5. The number of aliphatic carboxylic acids is 1. The largest absolute Gasteiger partial charge is 0.480 e. The minimum absolute atomic E-state index is 0.168. The highest BCUT2D eigenvalue weighted by molar-refractivity contribution is 9.10. The van der Waals surface area contributed by atoms with Gasteiger partial charge in [-0.15, -0.1) is 0 Å². The van der Waals surface area contributed by atoms with Gasteiger partial charge in [0.05, 0.1) is 5.69 Å². The number of benzene rings is 1. The molecule has 1 aromatic rings. The summed E-state index contributed by atoms with van der Waals surface area (Å²) in [5.41, 5.74) is 1.36. The van der Waals surface area contributed by atoms with E-state index in [-0.39, 0.29) is 5.92 Å². The second-order valence-electron chi connectivity index (χ2n) is 4.88. The number of carbonyl (C=O) groups excluding carboxylic acids is 1. The van der Waals surface area contributed by atoms with Crippen molar-refractivity contribution in [2.24, 2.45) is 5.92 Å². The second-order valence-corrected chi connectivity index (χ2v) is 6.14. The first-order valence-electron chi connectivity index (χ1n) is 6.52. The van der Waals surface area contributed by atoms with Crippen LogP contribution in [0.4, 0.5) is 10.5 Å². The van der Waals surface area contributed by atoms with E-state index in [0.717, 1.165) is 5.56 Å². The molecule has 0 radical (unpaired) electrons. The van der Waals surface area contributed by atoms with Crippen LogP contribution >= 0.6 is 27.5 Å². The van der Waals surface area contributed by atoms with E-state index >= 15 is 0 Å². The fraction of sp³-hybridized carbons (Fsp3) is 0.429. The predicted octanol–water partition coefficient (Wildman–Crippen LogP) is 4.03. The Balaban J connectivity index is 2.81. The minimum atomic E-state index is -1.06. The zero-order valence-corrected chi connectivity index (χ0v) is 14.4. The number of hydrogen-bond donors (Lipinski definition) is 3. The lowest BCUT2D eigenvalue weighted by Crippen LogP contribution is -2.46. The molecule has 2 unspecified atom stereocenters. The maximum absolute atomic E-state index is 11.9. The van der Waals surface area contributed by atoms with Crippen molar-refractivity contribution >= 4 is 45.2 Å². The van der Waals surface area contributed by atoms with E-state index < -0.39 is 18.0 Å². The molecule has 0 saturated carbocycles. The summed E-state index contributed by atoms with van der Waals surface area (Å²) in [6.45, 7) is 5.49. The number of nitrogens with one attached hydrogen (secondary N) is 2. The monoisotopic (exact) mass is 376 g/mol. The molecular weight excluding hydrogens is 360 g/mol. The van der Waals surface area contributed by atoms with Crippen LogP contribution in [0.2, 0.25) is 5.02 Å². The third-order valence-electron chi connectivity index (χ3n) is 3.26. The molecule has 0 aliphatic heterocycles. The van der Waals surface area contributed by atoms with Crippen LogP contribution in [0.3, 0.4) is 0 Å².